The Morgan fingerprint density at radius 1 is 1.57 bits per heavy atom. The van der Waals surface area contributed by atoms with Crippen molar-refractivity contribution in [2.75, 3.05) is 7.11 Å². The number of pyridine rings is 1. The minimum atomic E-state index is -3.78. The Balaban J connectivity index is 3.21. The lowest BCUT2D eigenvalue weighted by Crippen LogP contribution is -2.23. The van der Waals surface area contributed by atoms with Gasteiger partial charge in [0.25, 0.3) is 15.6 Å². The van der Waals surface area contributed by atoms with E-state index < -0.39 is 15.6 Å². The fraction of sp³-hybridized carbons (Fsp3) is 0.167. The fourth-order valence-electron chi connectivity index (χ4n) is 0.751. The van der Waals surface area contributed by atoms with Crippen molar-refractivity contribution in [2.45, 2.75) is 4.90 Å². The molecule has 0 radical (unpaired) electrons. The Morgan fingerprint density at radius 3 is 2.71 bits per heavy atom. The summed E-state index contributed by atoms with van der Waals surface area (Å²) in [6, 6.07) is 1.03. The van der Waals surface area contributed by atoms with Crippen LogP contribution in [0.25, 0.3) is 0 Å². The summed E-state index contributed by atoms with van der Waals surface area (Å²) in [5, 5.41) is -0.205. The third-order valence-electron chi connectivity index (χ3n) is 1.33. The molecule has 1 heterocycles. The van der Waals surface area contributed by atoms with Crippen molar-refractivity contribution in [3.63, 3.8) is 0 Å². The lowest BCUT2D eigenvalue weighted by Gasteiger charge is -2.03. The number of aromatic amines is 1. The quantitative estimate of drug-likeness (QED) is 0.718. The zero-order chi connectivity index (χ0) is 10.8. The molecule has 0 saturated heterocycles. The Morgan fingerprint density at radius 2 is 2.21 bits per heavy atom. The predicted octanol–water partition coefficient (Wildman–Crippen LogP) is -0.132. The second kappa shape index (κ2) is 4.09. The molecule has 0 fully saturated rings. The van der Waals surface area contributed by atoms with E-state index in [0.29, 0.717) is 0 Å². The van der Waals surface area contributed by atoms with Gasteiger partial charge in [0.05, 0.1) is 7.11 Å². The van der Waals surface area contributed by atoms with E-state index in [2.05, 4.69) is 9.82 Å². The highest BCUT2D eigenvalue weighted by Gasteiger charge is 2.14. The van der Waals surface area contributed by atoms with Crippen LogP contribution in [0.15, 0.2) is 22.0 Å². The van der Waals surface area contributed by atoms with E-state index >= 15 is 0 Å². The van der Waals surface area contributed by atoms with Crippen LogP contribution in [0.2, 0.25) is 5.02 Å². The molecule has 0 atom stereocenters. The van der Waals surface area contributed by atoms with Gasteiger partial charge in [0.1, 0.15) is 9.92 Å². The van der Waals surface area contributed by atoms with Crippen LogP contribution in [0.5, 0.6) is 0 Å². The molecule has 0 aliphatic carbocycles. The van der Waals surface area contributed by atoms with E-state index in [1.807, 2.05) is 0 Å². The molecular formula is C6H7ClN2O4S. The van der Waals surface area contributed by atoms with E-state index in [-0.39, 0.29) is 9.92 Å². The minimum absolute atomic E-state index is 0.177. The first-order valence-corrected chi connectivity index (χ1v) is 5.26. The highest BCUT2D eigenvalue weighted by atomic mass is 35.5. The smallest absolute Gasteiger partial charge is 0.266 e. The molecule has 2 N–H and O–H groups in total. The summed E-state index contributed by atoms with van der Waals surface area (Å²) in [4.78, 5) is 18.9. The lowest BCUT2D eigenvalue weighted by atomic mass is 10.5. The molecule has 0 amide bonds. The molecule has 0 bridgehead atoms. The van der Waals surface area contributed by atoms with Crippen LogP contribution in [0.4, 0.5) is 0 Å². The van der Waals surface area contributed by atoms with Gasteiger partial charge in [-0.05, 0) is 6.07 Å². The third kappa shape index (κ3) is 2.32. The molecule has 0 spiro atoms. The van der Waals surface area contributed by atoms with Crippen LogP contribution in [-0.2, 0) is 14.9 Å². The summed E-state index contributed by atoms with van der Waals surface area (Å²) in [5.74, 6) is 0. The lowest BCUT2D eigenvalue weighted by molar-refractivity contribution is 0.153. The molecule has 0 aromatic carbocycles. The van der Waals surface area contributed by atoms with Gasteiger partial charge in [0.15, 0.2) is 0 Å². The maximum absolute atomic E-state index is 11.3. The van der Waals surface area contributed by atoms with Gasteiger partial charge < -0.3 is 4.98 Å². The van der Waals surface area contributed by atoms with Crippen molar-refractivity contribution in [3.8, 4) is 0 Å². The molecule has 8 heteroatoms. The Hall–Kier alpha value is -0.890. The van der Waals surface area contributed by atoms with Crippen LogP contribution in [0.1, 0.15) is 0 Å². The zero-order valence-electron chi connectivity index (χ0n) is 7.07. The second-order valence-corrected chi connectivity index (χ2v) is 4.36. The van der Waals surface area contributed by atoms with E-state index in [4.69, 9.17) is 11.6 Å². The van der Waals surface area contributed by atoms with Gasteiger partial charge in [0.2, 0.25) is 0 Å². The van der Waals surface area contributed by atoms with Crippen molar-refractivity contribution in [1.29, 1.82) is 0 Å². The highest BCUT2D eigenvalue weighted by Crippen LogP contribution is 2.09. The number of halogens is 1. The van der Waals surface area contributed by atoms with Gasteiger partial charge >= 0.3 is 0 Å². The average molecular weight is 239 g/mol. The van der Waals surface area contributed by atoms with Crippen molar-refractivity contribution < 1.29 is 13.3 Å². The number of aromatic nitrogens is 1. The van der Waals surface area contributed by atoms with E-state index in [0.717, 1.165) is 19.4 Å². The SMILES string of the molecule is CONS(=O)(=O)c1c[nH]c(=O)c(Cl)c1. The normalized spacial score (nSPS) is 11.6. The number of rotatable bonds is 3. The minimum Gasteiger partial charge on any atom is -0.326 e. The standard InChI is InChI=1S/C6H7ClN2O4S/c1-13-9-14(11,12)4-2-5(7)6(10)8-3-4/h2-3,9H,1H3,(H,8,10). The first-order chi connectivity index (χ1) is 6.47. The summed E-state index contributed by atoms with van der Waals surface area (Å²) in [5.41, 5.74) is -0.553. The molecule has 78 valence electrons. The summed E-state index contributed by atoms with van der Waals surface area (Å²) in [6.07, 6.45) is 1.02. The predicted molar refractivity (Wildman–Crippen MR) is 49.4 cm³/mol. The molecule has 0 unspecified atom stereocenters. The van der Waals surface area contributed by atoms with Crippen molar-refractivity contribution in [1.82, 2.24) is 9.87 Å². The topological polar surface area (TPSA) is 88.3 Å². The largest absolute Gasteiger partial charge is 0.326 e. The molecule has 1 rings (SSSR count). The number of H-pyrrole nitrogens is 1. The Kier molecular flexibility index (Phi) is 3.27. The fourth-order valence-corrected chi connectivity index (χ4v) is 1.79. The van der Waals surface area contributed by atoms with Crippen LogP contribution in [0, 0.1) is 0 Å². The molecule has 0 aliphatic heterocycles. The number of hydrogen-bond acceptors (Lipinski definition) is 4. The summed E-state index contributed by atoms with van der Waals surface area (Å²) in [6.45, 7) is 0. The zero-order valence-corrected chi connectivity index (χ0v) is 8.65. The van der Waals surface area contributed by atoms with Crippen LogP contribution in [-0.4, -0.2) is 20.5 Å². The van der Waals surface area contributed by atoms with Crippen molar-refractivity contribution in [3.05, 3.63) is 27.6 Å². The monoisotopic (exact) mass is 238 g/mol. The van der Waals surface area contributed by atoms with Gasteiger partial charge in [-0.15, -0.1) is 0 Å². The first-order valence-electron chi connectivity index (χ1n) is 3.40. The van der Waals surface area contributed by atoms with E-state index in [9.17, 15) is 13.2 Å². The summed E-state index contributed by atoms with van der Waals surface area (Å²) in [7, 11) is -2.62. The van der Waals surface area contributed by atoms with Gasteiger partial charge in [-0.2, -0.15) is 0 Å². The van der Waals surface area contributed by atoms with Crippen molar-refractivity contribution >= 4 is 21.6 Å². The summed E-state index contributed by atoms with van der Waals surface area (Å²) < 4.78 is 22.6. The van der Waals surface area contributed by atoms with E-state index in [1.54, 1.807) is 4.89 Å². The summed E-state index contributed by atoms with van der Waals surface area (Å²) >= 11 is 5.44. The molecule has 0 aliphatic rings. The first kappa shape index (κ1) is 11.2. The Bertz CT molecular complexity index is 481. The second-order valence-electron chi connectivity index (χ2n) is 2.30. The van der Waals surface area contributed by atoms with Crippen LogP contribution >= 0.6 is 11.6 Å². The number of nitrogens with one attached hydrogen (secondary N) is 2. The van der Waals surface area contributed by atoms with Crippen LogP contribution < -0.4 is 10.4 Å². The maximum atomic E-state index is 11.3. The van der Waals surface area contributed by atoms with Crippen molar-refractivity contribution in [2.24, 2.45) is 0 Å². The van der Waals surface area contributed by atoms with Gasteiger partial charge in [-0.25, -0.2) is 8.42 Å². The highest BCUT2D eigenvalue weighted by molar-refractivity contribution is 7.89. The molecule has 14 heavy (non-hydrogen) atoms. The molecule has 0 saturated carbocycles. The number of hydrogen-bond donors (Lipinski definition) is 2. The molecule has 1 aromatic heterocycles. The van der Waals surface area contributed by atoms with Gasteiger partial charge in [-0.1, -0.05) is 16.5 Å². The maximum Gasteiger partial charge on any atom is 0.266 e. The average Bonchev–Trinajstić information content (AvgIpc) is 2.09. The Labute approximate surface area is 84.9 Å². The third-order valence-corrected chi connectivity index (χ3v) is 2.86. The van der Waals surface area contributed by atoms with Gasteiger partial charge in [-0.3, -0.25) is 9.63 Å². The number of sulfonamides is 1. The molecular weight excluding hydrogens is 232 g/mol. The molecule has 6 nitrogen and oxygen atoms in total. The van der Waals surface area contributed by atoms with Crippen LogP contribution in [0.3, 0.4) is 0 Å². The van der Waals surface area contributed by atoms with E-state index in [1.165, 1.54) is 0 Å². The molecule has 1 aromatic rings. The van der Waals surface area contributed by atoms with Gasteiger partial charge in [0, 0.05) is 6.20 Å².